The number of pyridine rings is 1. The van der Waals surface area contributed by atoms with Crippen LogP contribution in [0, 0.1) is 18.8 Å². The van der Waals surface area contributed by atoms with Crippen molar-refractivity contribution in [2.24, 2.45) is 11.8 Å². The van der Waals surface area contributed by atoms with E-state index in [0.29, 0.717) is 49.9 Å². The molecular formula is C29H37N7O4S. The van der Waals surface area contributed by atoms with Gasteiger partial charge in [0.1, 0.15) is 22.4 Å². The second-order valence-electron chi connectivity index (χ2n) is 12.0. The molecule has 0 aromatic carbocycles. The summed E-state index contributed by atoms with van der Waals surface area (Å²) in [4.78, 5) is 34.4. The molecule has 3 aromatic rings. The summed E-state index contributed by atoms with van der Waals surface area (Å²) in [5.74, 6) is 1.30. The van der Waals surface area contributed by atoms with Gasteiger partial charge in [0, 0.05) is 31.2 Å². The van der Waals surface area contributed by atoms with Crippen LogP contribution in [0.5, 0.6) is 0 Å². The Morgan fingerprint density at radius 1 is 1.12 bits per heavy atom. The summed E-state index contributed by atoms with van der Waals surface area (Å²) in [6.45, 7) is 6.06. The molecular weight excluding hydrogens is 542 g/mol. The van der Waals surface area contributed by atoms with Crippen molar-refractivity contribution in [2.45, 2.75) is 76.2 Å². The van der Waals surface area contributed by atoms with E-state index in [0.717, 1.165) is 45.0 Å². The fourth-order valence-corrected chi connectivity index (χ4v) is 7.23. The first kappa shape index (κ1) is 26.9. The van der Waals surface area contributed by atoms with E-state index in [2.05, 4.69) is 22.5 Å². The van der Waals surface area contributed by atoms with Crippen LogP contribution < -0.4 is 10.6 Å². The number of aromatic nitrogens is 4. The minimum absolute atomic E-state index is 0.143. The molecule has 3 saturated carbocycles. The predicted octanol–water partition coefficient (Wildman–Crippen LogP) is 2.93. The Hall–Kier alpha value is -2.93. The van der Waals surface area contributed by atoms with E-state index in [1.807, 2.05) is 19.2 Å². The van der Waals surface area contributed by atoms with Gasteiger partial charge in [0.05, 0.1) is 52.9 Å². The van der Waals surface area contributed by atoms with Crippen molar-refractivity contribution < 1.29 is 19.7 Å². The van der Waals surface area contributed by atoms with Gasteiger partial charge in [0.2, 0.25) is 11.9 Å². The smallest absolute Gasteiger partial charge is 0.228 e. The van der Waals surface area contributed by atoms with Crippen LogP contribution in [0.25, 0.3) is 20.8 Å². The number of anilines is 2. The SMILES string of the molecule is Cc1nc(N[C@H](C)C2CC2)nc(N[C@@H]2C[C@H](C(=O)N3CCOCC3)[C@@H](O)[C@H]2O)c1-c1nc2c(C3CC3)nccc2s1. The number of carbonyl (C=O) groups is 1. The largest absolute Gasteiger partial charge is 0.390 e. The molecule has 4 fully saturated rings. The average molecular weight is 580 g/mol. The van der Waals surface area contributed by atoms with Crippen LogP contribution in [-0.4, -0.2) is 91.6 Å². The number of aliphatic hydroxyl groups excluding tert-OH is 2. The highest BCUT2D eigenvalue weighted by Crippen LogP contribution is 2.45. The van der Waals surface area contributed by atoms with Gasteiger partial charge in [0.15, 0.2) is 0 Å². The highest BCUT2D eigenvalue weighted by Gasteiger charge is 2.47. The molecule has 12 heteroatoms. The molecule has 0 bridgehead atoms. The number of nitrogens with one attached hydrogen (secondary N) is 2. The van der Waals surface area contributed by atoms with Crippen LogP contribution in [-0.2, 0) is 9.53 Å². The van der Waals surface area contributed by atoms with Crippen molar-refractivity contribution in [1.29, 1.82) is 0 Å². The van der Waals surface area contributed by atoms with Crippen LogP contribution in [0.15, 0.2) is 12.3 Å². The van der Waals surface area contributed by atoms with Crippen molar-refractivity contribution in [3.05, 3.63) is 23.7 Å². The zero-order valence-electron chi connectivity index (χ0n) is 23.4. The topological polar surface area (TPSA) is 146 Å². The number of hydrogen-bond donors (Lipinski definition) is 4. The maximum Gasteiger partial charge on any atom is 0.228 e. The minimum Gasteiger partial charge on any atom is -0.390 e. The lowest BCUT2D eigenvalue weighted by Gasteiger charge is -2.30. The van der Waals surface area contributed by atoms with E-state index in [4.69, 9.17) is 19.7 Å². The average Bonchev–Trinajstić information content (AvgIpc) is 3.90. The third-order valence-corrected chi connectivity index (χ3v) is 9.97. The van der Waals surface area contributed by atoms with Gasteiger partial charge < -0.3 is 30.5 Å². The quantitative estimate of drug-likeness (QED) is 0.314. The molecule has 0 radical (unpaired) electrons. The Kier molecular flexibility index (Phi) is 7.04. The third-order valence-electron chi connectivity index (χ3n) is 8.93. The van der Waals surface area contributed by atoms with Crippen molar-refractivity contribution in [1.82, 2.24) is 24.8 Å². The molecule has 3 aromatic heterocycles. The predicted molar refractivity (Wildman–Crippen MR) is 156 cm³/mol. The number of amides is 1. The molecule has 4 N–H and O–H groups in total. The first-order chi connectivity index (χ1) is 19.9. The number of thiazole rings is 1. The van der Waals surface area contributed by atoms with Gasteiger partial charge in [-0.15, -0.1) is 11.3 Å². The number of fused-ring (bicyclic) bond motifs is 1. The molecule has 3 aliphatic carbocycles. The van der Waals surface area contributed by atoms with Gasteiger partial charge in [-0.3, -0.25) is 9.78 Å². The standard InChI is InChI=1S/C29H37N7O4S/c1-14(16-3-4-16)31-29-32-15(2)21(27-34-23-20(41-27)7-8-30-22(23)17-5-6-17)26(35-29)33-19-13-18(24(37)25(19)38)28(39)36-9-11-40-12-10-36/h7-8,14,16-19,24-25,37-38H,3-6,9-13H2,1-2H3,(H2,31,32,33,35)/t14-,18+,19-,24-,25+/m1/s1. The number of aryl methyl sites for hydroxylation is 1. The number of nitrogens with zero attached hydrogens (tertiary/aromatic N) is 5. The Morgan fingerprint density at radius 3 is 2.63 bits per heavy atom. The molecule has 0 spiro atoms. The number of rotatable bonds is 8. The zero-order valence-corrected chi connectivity index (χ0v) is 24.2. The third kappa shape index (κ3) is 5.26. The molecule has 7 rings (SSSR count). The lowest BCUT2D eigenvalue weighted by Crippen LogP contribution is -2.46. The van der Waals surface area contributed by atoms with Gasteiger partial charge in [-0.05, 0) is 57.9 Å². The lowest BCUT2D eigenvalue weighted by molar-refractivity contribution is -0.143. The Morgan fingerprint density at radius 2 is 1.90 bits per heavy atom. The van der Waals surface area contributed by atoms with E-state index in [1.165, 1.54) is 12.8 Å². The Balaban J connectivity index is 1.22. The van der Waals surface area contributed by atoms with Crippen LogP contribution in [0.2, 0.25) is 0 Å². The summed E-state index contributed by atoms with van der Waals surface area (Å²) in [5.41, 5.74) is 3.51. The number of ether oxygens (including phenoxy) is 1. The molecule has 0 unspecified atom stereocenters. The van der Waals surface area contributed by atoms with E-state index < -0.39 is 24.2 Å². The molecule has 41 heavy (non-hydrogen) atoms. The minimum atomic E-state index is -1.17. The van der Waals surface area contributed by atoms with Crippen LogP contribution in [0.1, 0.15) is 56.3 Å². The van der Waals surface area contributed by atoms with E-state index in [9.17, 15) is 15.0 Å². The normalized spacial score (nSPS) is 27.3. The van der Waals surface area contributed by atoms with Gasteiger partial charge in [-0.25, -0.2) is 9.97 Å². The summed E-state index contributed by atoms with van der Waals surface area (Å²) in [6.07, 6.45) is 4.52. The highest BCUT2D eigenvalue weighted by molar-refractivity contribution is 7.21. The zero-order chi connectivity index (χ0) is 28.2. The molecule has 1 saturated heterocycles. The molecule has 5 atom stereocenters. The van der Waals surface area contributed by atoms with Gasteiger partial charge in [-0.1, -0.05) is 0 Å². The number of morpholine rings is 1. The molecule has 1 amide bonds. The first-order valence-corrected chi connectivity index (χ1v) is 15.6. The highest BCUT2D eigenvalue weighted by atomic mass is 32.1. The van der Waals surface area contributed by atoms with Crippen LogP contribution in [0.4, 0.5) is 11.8 Å². The maximum atomic E-state index is 13.3. The van der Waals surface area contributed by atoms with Crippen LogP contribution in [0.3, 0.4) is 0 Å². The summed E-state index contributed by atoms with van der Waals surface area (Å²) >= 11 is 1.58. The number of aliphatic hydroxyl groups is 2. The summed E-state index contributed by atoms with van der Waals surface area (Å²) in [7, 11) is 0. The first-order valence-electron chi connectivity index (χ1n) is 14.8. The number of carbonyl (C=O) groups excluding carboxylic acids is 1. The second kappa shape index (κ2) is 10.7. The van der Waals surface area contributed by atoms with Crippen molar-refractivity contribution >= 4 is 39.2 Å². The van der Waals surface area contributed by atoms with Crippen molar-refractivity contribution in [3.63, 3.8) is 0 Å². The fraction of sp³-hybridized carbons (Fsp3) is 0.621. The number of hydrogen-bond acceptors (Lipinski definition) is 11. The Bertz CT molecular complexity index is 1450. The van der Waals surface area contributed by atoms with Crippen LogP contribution >= 0.6 is 11.3 Å². The summed E-state index contributed by atoms with van der Waals surface area (Å²) < 4.78 is 6.45. The van der Waals surface area contributed by atoms with Crippen molar-refractivity contribution in [3.8, 4) is 10.6 Å². The summed E-state index contributed by atoms with van der Waals surface area (Å²) in [5, 5.41) is 29.7. The monoisotopic (exact) mass is 579 g/mol. The Labute approximate surface area is 242 Å². The molecule has 11 nitrogen and oxygen atoms in total. The molecule has 4 aliphatic rings. The van der Waals surface area contributed by atoms with E-state index in [-0.39, 0.29) is 18.4 Å². The van der Waals surface area contributed by atoms with E-state index >= 15 is 0 Å². The molecule has 1 aliphatic heterocycles. The molecule has 218 valence electrons. The molecule has 4 heterocycles. The lowest BCUT2D eigenvalue weighted by atomic mass is 10.0. The summed E-state index contributed by atoms with van der Waals surface area (Å²) in [6, 6.07) is 1.68. The van der Waals surface area contributed by atoms with Crippen molar-refractivity contribution in [2.75, 3.05) is 36.9 Å². The van der Waals surface area contributed by atoms with Gasteiger partial charge in [-0.2, -0.15) is 4.98 Å². The second-order valence-corrected chi connectivity index (χ2v) is 13.0. The fourth-order valence-electron chi connectivity index (χ4n) is 6.17. The van der Waals surface area contributed by atoms with Gasteiger partial charge >= 0.3 is 0 Å². The maximum absolute atomic E-state index is 13.3. The van der Waals surface area contributed by atoms with E-state index in [1.54, 1.807) is 16.2 Å². The van der Waals surface area contributed by atoms with Gasteiger partial charge in [0.25, 0.3) is 0 Å².